The molecule has 0 aliphatic rings. The SMILES string of the molecule is CNC(Cc1ccc(OC)nc1)c1cc(C)ccc1F. The smallest absolute Gasteiger partial charge is 0.212 e. The third-order valence-electron chi connectivity index (χ3n) is 3.32. The maximum Gasteiger partial charge on any atom is 0.212 e. The Hall–Kier alpha value is -1.94. The highest BCUT2D eigenvalue weighted by Gasteiger charge is 2.15. The zero-order valence-electron chi connectivity index (χ0n) is 12.0. The molecule has 106 valence electrons. The van der Waals surface area contributed by atoms with Gasteiger partial charge in [0.25, 0.3) is 0 Å². The second-order valence-corrected chi connectivity index (χ2v) is 4.78. The Labute approximate surface area is 118 Å². The first-order valence-corrected chi connectivity index (χ1v) is 6.56. The first kappa shape index (κ1) is 14.5. The molecule has 0 fully saturated rings. The van der Waals surface area contributed by atoms with Gasteiger partial charge in [-0.15, -0.1) is 0 Å². The Morgan fingerprint density at radius 3 is 2.70 bits per heavy atom. The number of aromatic nitrogens is 1. The molecule has 4 heteroatoms. The van der Waals surface area contributed by atoms with Crippen LogP contribution in [0.2, 0.25) is 0 Å². The lowest BCUT2D eigenvalue weighted by atomic mass is 9.98. The lowest BCUT2D eigenvalue weighted by Crippen LogP contribution is -2.20. The molecule has 1 aromatic heterocycles. The van der Waals surface area contributed by atoms with E-state index >= 15 is 0 Å². The third kappa shape index (κ3) is 3.33. The van der Waals surface area contributed by atoms with Crippen molar-refractivity contribution < 1.29 is 9.13 Å². The molecule has 1 atom stereocenters. The van der Waals surface area contributed by atoms with Gasteiger partial charge in [0, 0.05) is 23.9 Å². The second-order valence-electron chi connectivity index (χ2n) is 4.78. The molecule has 20 heavy (non-hydrogen) atoms. The van der Waals surface area contributed by atoms with Gasteiger partial charge in [0.1, 0.15) is 5.82 Å². The van der Waals surface area contributed by atoms with Gasteiger partial charge < -0.3 is 10.1 Å². The van der Waals surface area contributed by atoms with E-state index in [1.54, 1.807) is 19.4 Å². The maximum absolute atomic E-state index is 14.0. The van der Waals surface area contributed by atoms with E-state index in [9.17, 15) is 4.39 Å². The van der Waals surface area contributed by atoms with Crippen molar-refractivity contribution in [3.63, 3.8) is 0 Å². The standard InChI is InChI=1S/C16H19FN2O/c1-11-4-6-14(17)13(8-11)15(18-2)9-12-5-7-16(20-3)19-10-12/h4-8,10,15,18H,9H2,1-3H3. The van der Waals surface area contributed by atoms with E-state index < -0.39 is 0 Å². The lowest BCUT2D eigenvalue weighted by Gasteiger charge is -2.18. The number of aryl methyl sites for hydroxylation is 1. The number of likely N-dealkylation sites (N-methyl/N-ethyl adjacent to an activating group) is 1. The van der Waals surface area contributed by atoms with Crippen molar-refractivity contribution in [2.24, 2.45) is 0 Å². The molecule has 0 bridgehead atoms. The van der Waals surface area contributed by atoms with Gasteiger partial charge in [0.05, 0.1) is 7.11 Å². The normalized spacial score (nSPS) is 12.2. The van der Waals surface area contributed by atoms with Crippen LogP contribution < -0.4 is 10.1 Å². The van der Waals surface area contributed by atoms with Crippen LogP contribution >= 0.6 is 0 Å². The molecule has 1 aromatic carbocycles. The summed E-state index contributed by atoms with van der Waals surface area (Å²) >= 11 is 0. The highest BCUT2D eigenvalue weighted by molar-refractivity contribution is 5.29. The largest absolute Gasteiger partial charge is 0.481 e. The molecule has 1 heterocycles. The molecule has 0 aliphatic heterocycles. The highest BCUT2D eigenvalue weighted by Crippen LogP contribution is 2.22. The molecule has 1 N–H and O–H groups in total. The highest BCUT2D eigenvalue weighted by atomic mass is 19.1. The quantitative estimate of drug-likeness (QED) is 0.910. The lowest BCUT2D eigenvalue weighted by molar-refractivity contribution is 0.397. The monoisotopic (exact) mass is 274 g/mol. The fourth-order valence-electron chi connectivity index (χ4n) is 2.19. The van der Waals surface area contributed by atoms with Gasteiger partial charge in [-0.25, -0.2) is 9.37 Å². The fraction of sp³-hybridized carbons (Fsp3) is 0.312. The Kier molecular flexibility index (Phi) is 4.69. The van der Waals surface area contributed by atoms with Crippen molar-refractivity contribution >= 4 is 0 Å². The number of ether oxygens (including phenoxy) is 1. The van der Waals surface area contributed by atoms with Crippen LogP contribution in [0.3, 0.4) is 0 Å². The zero-order chi connectivity index (χ0) is 14.5. The predicted octanol–water partition coefficient (Wildman–Crippen LogP) is 3.04. The van der Waals surface area contributed by atoms with Crippen molar-refractivity contribution in [3.05, 3.63) is 59.0 Å². The average molecular weight is 274 g/mol. The predicted molar refractivity (Wildman–Crippen MR) is 77.4 cm³/mol. The Morgan fingerprint density at radius 2 is 2.10 bits per heavy atom. The minimum atomic E-state index is -0.184. The number of nitrogens with one attached hydrogen (secondary N) is 1. The van der Waals surface area contributed by atoms with Crippen LogP contribution in [0, 0.1) is 12.7 Å². The van der Waals surface area contributed by atoms with Crippen molar-refractivity contribution in [2.75, 3.05) is 14.2 Å². The zero-order valence-corrected chi connectivity index (χ0v) is 12.0. The van der Waals surface area contributed by atoms with E-state index in [0.29, 0.717) is 17.9 Å². The average Bonchev–Trinajstić information content (AvgIpc) is 2.48. The summed E-state index contributed by atoms with van der Waals surface area (Å²) in [5, 5.41) is 3.16. The summed E-state index contributed by atoms with van der Waals surface area (Å²) in [5.41, 5.74) is 2.77. The van der Waals surface area contributed by atoms with Crippen molar-refractivity contribution in [1.29, 1.82) is 0 Å². The maximum atomic E-state index is 14.0. The summed E-state index contributed by atoms with van der Waals surface area (Å²) in [5.74, 6) is 0.396. The van der Waals surface area contributed by atoms with Crippen LogP contribution in [0.15, 0.2) is 36.5 Å². The second kappa shape index (κ2) is 6.48. The Balaban J connectivity index is 2.21. The summed E-state index contributed by atoms with van der Waals surface area (Å²) in [6, 6.07) is 8.86. The fourth-order valence-corrected chi connectivity index (χ4v) is 2.19. The number of methoxy groups -OCH3 is 1. The number of rotatable bonds is 5. The van der Waals surface area contributed by atoms with E-state index in [2.05, 4.69) is 10.3 Å². The van der Waals surface area contributed by atoms with Crippen LogP contribution in [0.4, 0.5) is 4.39 Å². The first-order chi connectivity index (χ1) is 9.63. The molecule has 0 aliphatic carbocycles. The van der Waals surface area contributed by atoms with Gasteiger partial charge in [-0.1, -0.05) is 23.8 Å². The molecular formula is C16H19FN2O. The summed E-state index contributed by atoms with van der Waals surface area (Å²) in [6.45, 7) is 1.96. The van der Waals surface area contributed by atoms with Crippen LogP contribution in [0.25, 0.3) is 0 Å². The topological polar surface area (TPSA) is 34.1 Å². The summed E-state index contributed by atoms with van der Waals surface area (Å²) in [6.07, 6.45) is 2.44. The molecule has 0 radical (unpaired) electrons. The van der Waals surface area contributed by atoms with Crippen molar-refractivity contribution in [2.45, 2.75) is 19.4 Å². The van der Waals surface area contributed by atoms with E-state index in [1.165, 1.54) is 6.07 Å². The molecule has 2 aromatic rings. The van der Waals surface area contributed by atoms with Crippen LogP contribution in [-0.2, 0) is 6.42 Å². The molecule has 3 nitrogen and oxygen atoms in total. The molecular weight excluding hydrogens is 255 g/mol. The van der Waals surface area contributed by atoms with Gasteiger partial charge in [0.2, 0.25) is 5.88 Å². The summed E-state index contributed by atoms with van der Waals surface area (Å²) in [4.78, 5) is 4.17. The molecule has 0 spiro atoms. The Bertz CT molecular complexity index is 569. The molecule has 0 amide bonds. The van der Waals surface area contributed by atoms with Crippen LogP contribution in [-0.4, -0.2) is 19.1 Å². The van der Waals surface area contributed by atoms with E-state index in [-0.39, 0.29) is 11.9 Å². The molecule has 2 rings (SSSR count). The number of halogens is 1. The molecule has 0 saturated carbocycles. The van der Waals surface area contributed by atoms with Gasteiger partial charge in [-0.3, -0.25) is 0 Å². The van der Waals surface area contributed by atoms with Gasteiger partial charge in [-0.2, -0.15) is 0 Å². The van der Waals surface area contributed by atoms with Crippen molar-refractivity contribution in [3.8, 4) is 5.88 Å². The van der Waals surface area contributed by atoms with Gasteiger partial charge in [-0.05, 0) is 32.0 Å². The molecule has 0 saturated heterocycles. The summed E-state index contributed by atoms with van der Waals surface area (Å²) < 4.78 is 19.0. The number of hydrogen-bond donors (Lipinski definition) is 1. The number of benzene rings is 1. The first-order valence-electron chi connectivity index (χ1n) is 6.56. The van der Waals surface area contributed by atoms with Gasteiger partial charge in [0.15, 0.2) is 0 Å². The van der Waals surface area contributed by atoms with Crippen molar-refractivity contribution in [1.82, 2.24) is 10.3 Å². The number of nitrogens with zero attached hydrogens (tertiary/aromatic N) is 1. The number of hydrogen-bond acceptors (Lipinski definition) is 3. The van der Waals surface area contributed by atoms with E-state index in [4.69, 9.17) is 4.74 Å². The minimum absolute atomic E-state index is 0.0786. The van der Waals surface area contributed by atoms with Gasteiger partial charge >= 0.3 is 0 Å². The Morgan fingerprint density at radius 1 is 1.30 bits per heavy atom. The van der Waals surface area contributed by atoms with E-state index in [1.807, 2.05) is 32.2 Å². The van der Waals surface area contributed by atoms with E-state index in [0.717, 1.165) is 11.1 Å². The number of pyridine rings is 1. The van der Waals surface area contributed by atoms with Crippen LogP contribution in [0.1, 0.15) is 22.7 Å². The minimum Gasteiger partial charge on any atom is -0.481 e. The third-order valence-corrected chi connectivity index (χ3v) is 3.32. The summed E-state index contributed by atoms with van der Waals surface area (Å²) in [7, 11) is 3.42. The van der Waals surface area contributed by atoms with Crippen LogP contribution in [0.5, 0.6) is 5.88 Å². The molecule has 1 unspecified atom stereocenters.